The fourth-order valence-electron chi connectivity index (χ4n) is 1.55. The summed E-state index contributed by atoms with van der Waals surface area (Å²) in [4.78, 5) is 35.3. The van der Waals surface area contributed by atoms with Gasteiger partial charge >= 0.3 is 11.9 Å². The SMILES string of the molecule is CCOC(=O)C(=O)C(Oc1cccc(OC)c1)C(=O)OCC. The van der Waals surface area contributed by atoms with E-state index in [0.717, 1.165) is 0 Å². The second-order valence-electron chi connectivity index (χ2n) is 4.01. The van der Waals surface area contributed by atoms with Gasteiger partial charge in [0.25, 0.3) is 11.9 Å². The van der Waals surface area contributed by atoms with Crippen LogP contribution >= 0.6 is 0 Å². The highest BCUT2D eigenvalue weighted by Crippen LogP contribution is 2.20. The lowest BCUT2D eigenvalue weighted by Crippen LogP contribution is -2.42. The summed E-state index contributed by atoms with van der Waals surface area (Å²) in [5.74, 6) is -2.56. The number of hydrogen-bond donors (Lipinski definition) is 0. The first-order valence-corrected chi connectivity index (χ1v) is 6.71. The van der Waals surface area contributed by atoms with Gasteiger partial charge in [-0.25, -0.2) is 9.59 Å². The maximum Gasteiger partial charge on any atom is 0.379 e. The van der Waals surface area contributed by atoms with Gasteiger partial charge in [-0.2, -0.15) is 0 Å². The molecule has 0 aliphatic rings. The maximum atomic E-state index is 12.0. The van der Waals surface area contributed by atoms with Crippen LogP contribution in [-0.2, 0) is 23.9 Å². The number of carbonyl (C=O) groups is 3. The Balaban J connectivity index is 2.96. The van der Waals surface area contributed by atoms with Crippen molar-refractivity contribution in [1.82, 2.24) is 0 Å². The average molecular weight is 310 g/mol. The standard InChI is InChI=1S/C15H18O7/c1-4-20-14(17)12(16)13(15(18)21-5-2)22-11-8-6-7-10(9-11)19-3/h6-9,13H,4-5H2,1-3H3. The monoisotopic (exact) mass is 310 g/mol. The lowest BCUT2D eigenvalue weighted by molar-refractivity contribution is -0.164. The van der Waals surface area contributed by atoms with Crippen LogP contribution in [0, 0.1) is 0 Å². The molecule has 0 aromatic heterocycles. The van der Waals surface area contributed by atoms with Gasteiger partial charge in [-0.3, -0.25) is 4.79 Å². The Labute approximate surface area is 128 Å². The van der Waals surface area contributed by atoms with Gasteiger partial charge in [0.15, 0.2) is 0 Å². The van der Waals surface area contributed by atoms with Gasteiger partial charge < -0.3 is 18.9 Å². The molecule has 0 bridgehead atoms. The van der Waals surface area contributed by atoms with Gasteiger partial charge in [0.1, 0.15) is 11.5 Å². The summed E-state index contributed by atoms with van der Waals surface area (Å²) in [6.07, 6.45) is -1.72. The van der Waals surface area contributed by atoms with Crippen molar-refractivity contribution in [3.05, 3.63) is 24.3 Å². The van der Waals surface area contributed by atoms with Crippen LogP contribution < -0.4 is 9.47 Å². The van der Waals surface area contributed by atoms with Crippen LogP contribution in [0.25, 0.3) is 0 Å². The predicted molar refractivity (Wildman–Crippen MR) is 75.7 cm³/mol. The van der Waals surface area contributed by atoms with Gasteiger partial charge in [0.2, 0.25) is 0 Å². The molecule has 0 heterocycles. The number of hydrogen-bond acceptors (Lipinski definition) is 7. The Morgan fingerprint density at radius 2 is 1.68 bits per heavy atom. The van der Waals surface area contributed by atoms with Crippen molar-refractivity contribution in [2.45, 2.75) is 20.0 Å². The molecule has 0 aliphatic carbocycles. The van der Waals surface area contributed by atoms with Crippen molar-refractivity contribution >= 4 is 17.7 Å². The first kappa shape index (κ1) is 17.5. The molecule has 7 nitrogen and oxygen atoms in total. The van der Waals surface area contributed by atoms with Crippen LogP contribution in [0.5, 0.6) is 11.5 Å². The zero-order valence-corrected chi connectivity index (χ0v) is 12.7. The number of rotatable bonds is 8. The second kappa shape index (κ2) is 8.66. The normalized spacial score (nSPS) is 11.2. The van der Waals surface area contributed by atoms with E-state index in [1.54, 1.807) is 26.0 Å². The minimum atomic E-state index is -1.72. The summed E-state index contributed by atoms with van der Waals surface area (Å²) >= 11 is 0. The number of carbonyl (C=O) groups excluding carboxylic acids is 3. The molecule has 0 spiro atoms. The molecular weight excluding hydrogens is 292 g/mol. The Morgan fingerprint density at radius 1 is 1.05 bits per heavy atom. The fraction of sp³-hybridized carbons (Fsp3) is 0.400. The van der Waals surface area contributed by atoms with Crippen molar-refractivity contribution < 1.29 is 33.3 Å². The van der Waals surface area contributed by atoms with Gasteiger partial charge in [-0.05, 0) is 26.0 Å². The quantitative estimate of drug-likeness (QED) is 0.404. The third kappa shape index (κ3) is 4.76. The van der Waals surface area contributed by atoms with Crippen molar-refractivity contribution in [1.29, 1.82) is 0 Å². The molecule has 0 saturated carbocycles. The molecule has 1 aromatic carbocycles. The van der Waals surface area contributed by atoms with Crippen molar-refractivity contribution in [3.63, 3.8) is 0 Å². The Hall–Kier alpha value is -2.57. The summed E-state index contributed by atoms with van der Waals surface area (Å²) in [5.41, 5.74) is 0. The highest BCUT2D eigenvalue weighted by molar-refractivity contribution is 6.39. The van der Waals surface area contributed by atoms with Gasteiger partial charge in [-0.1, -0.05) is 6.07 Å². The van der Waals surface area contributed by atoms with Crippen LogP contribution in [0.2, 0.25) is 0 Å². The summed E-state index contributed by atoms with van der Waals surface area (Å²) in [7, 11) is 1.46. The minimum absolute atomic E-state index is 0.0132. The van der Waals surface area contributed by atoms with Crippen molar-refractivity contribution in [2.75, 3.05) is 20.3 Å². The summed E-state index contributed by atoms with van der Waals surface area (Å²) in [6.45, 7) is 3.19. The number of benzene rings is 1. The van der Waals surface area contributed by atoms with Crippen LogP contribution in [0.3, 0.4) is 0 Å². The number of esters is 2. The van der Waals surface area contributed by atoms with Crippen LogP contribution in [0.15, 0.2) is 24.3 Å². The van der Waals surface area contributed by atoms with E-state index in [2.05, 4.69) is 4.74 Å². The Morgan fingerprint density at radius 3 is 2.27 bits per heavy atom. The molecule has 0 aliphatic heterocycles. The molecule has 7 heteroatoms. The molecule has 0 N–H and O–H groups in total. The van der Waals surface area contributed by atoms with Gasteiger partial charge in [0.05, 0.1) is 20.3 Å². The molecule has 0 saturated heterocycles. The predicted octanol–water partition coefficient (Wildman–Crippen LogP) is 1.14. The molecule has 1 unspecified atom stereocenters. The van der Waals surface area contributed by atoms with E-state index in [1.807, 2.05) is 0 Å². The third-order valence-corrected chi connectivity index (χ3v) is 2.51. The Bertz CT molecular complexity index is 538. The first-order valence-electron chi connectivity index (χ1n) is 6.71. The van der Waals surface area contributed by atoms with E-state index >= 15 is 0 Å². The lowest BCUT2D eigenvalue weighted by Gasteiger charge is -2.16. The van der Waals surface area contributed by atoms with Crippen LogP contribution in [-0.4, -0.2) is 44.1 Å². The summed E-state index contributed by atoms with van der Waals surface area (Å²) < 4.78 is 19.7. The number of Topliss-reactive ketones (excluding diaryl/α,β-unsaturated/α-hetero) is 1. The highest BCUT2D eigenvalue weighted by Gasteiger charge is 2.36. The van der Waals surface area contributed by atoms with Crippen LogP contribution in [0.1, 0.15) is 13.8 Å². The number of ketones is 1. The largest absolute Gasteiger partial charge is 0.497 e. The topological polar surface area (TPSA) is 88.1 Å². The maximum absolute atomic E-state index is 12.0. The molecule has 0 fully saturated rings. The molecule has 1 atom stereocenters. The van der Waals surface area contributed by atoms with Crippen molar-refractivity contribution in [3.8, 4) is 11.5 Å². The van der Waals surface area contributed by atoms with Crippen LogP contribution in [0.4, 0.5) is 0 Å². The highest BCUT2D eigenvalue weighted by atomic mass is 16.6. The molecule has 0 amide bonds. The third-order valence-electron chi connectivity index (χ3n) is 2.51. The number of ether oxygens (including phenoxy) is 4. The fourth-order valence-corrected chi connectivity index (χ4v) is 1.55. The first-order chi connectivity index (χ1) is 10.5. The molecule has 1 rings (SSSR count). The lowest BCUT2D eigenvalue weighted by atomic mass is 10.2. The molecule has 0 radical (unpaired) electrons. The summed E-state index contributed by atoms with van der Waals surface area (Å²) in [5, 5.41) is 0. The minimum Gasteiger partial charge on any atom is -0.497 e. The smallest absolute Gasteiger partial charge is 0.379 e. The van der Waals surface area contributed by atoms with E-state index < -0.39 is 23.8 Å². The molecule has 120 valence electrons. The summed E-state index contributed by atoms with van der Waals surface area (Å²) in [6, 6.07) is 6.28. The zero-order valence-electron chi connectivity index (χ0n) is 12.7. The molecule has 1 aromatic rings. The van der Waals surface area contributed by atoms with E-state index in [4.69, 9.17) is 14.2 Å². The Kier molecular flexibility index (Phi) is 6.88. The van der Waals surface area contributed by atoms with Gasteiger partial charge in [0, 0.05) is 6.07 Å². The van der Waals surface area contributed by atoms with E-state index in [9.17, 15) is 14.4 Å². The number of methoxy groups -OCH3 is 1. The van der Waals surface area contributed by atoms with E-state index in [-0.39, 0.29) is 19.0 Å². The van der Waals surface area contributed by atoms with Gasteiger partial charge in [-0.15, -0.1) is 0 Å². The van der Waals surface area contributed by atoms with E-state index in [1.165, 1.54) is 19.2 Å². The second-order valence-corrected chi connectivity index (χ2v) is 4.01. The van der Waals surface area contributed by atoms with E-state index in [0.29, 0.717) is 5.75 Å². The zero-order chi connectivity index (χ0) is 16.5. The molecular formula is C15H18O7. The molecule has 22 heavy (non-hydrogen) atoms. The van der Waals surface area contributed by atoms with Crippen molar-refractivity contribution in [2.24, 2.45) is 0 Å². The average Bonchev–Trinajstić information content (AvgIpc) is 2.52.